The van der Waals surface area contributed by atoms with Crippen LogP contribution in [0.25, 0.3) is 0 Å². The predicted octanol–water partition coefficient (Wildman–Crippen LogP) is 3.77. The predicted molar refractivity (Wildman–Crippen MR) is 76.9 cm³/mol. The smallest absolute Gasteiger partial charge is 0.127 e. The van der Waals surface area contributed by atoms with Crippen molar-refractivity contribution in [2.45, 2.75) is 44.7 Å². The second-order valence-electron chi connectivity index (χ2n) is 5.34. The first-order valence-corrected chi connectivity index (χ1v) is 7.05. The maximum absolute atomic E-state index is 6.16. The molecule has 1 heterocycles. The van der Waals surface area contributed by atoms with Gasteiger partial charge in [-0.1, -0.05) is 11.6 Å². The molecule has 0 saturated heterocycles. The van der Waals surface area contributed by atoms with E-state index < -0.39 is 0 Å². The Morgan fingerprint density at radius 3 is 2.83 bits per heavy atom. The summed E-state index contributed by atoms with van der Waals surface area (Å²) < 4.78 is 5.68. The average molecular weight is 288 g/mol. The Kier molecular flexibility index (Phi) is 4.10. The van der Waals surface area contributed by atoms with E-state index in [-0.39, 0.29) is 10.9 Å². The van der Waals surface area contributed by atoms with Gasteiger partial charge in [0.25, 0.3) is 0 Å². The van der Waals surface area contributed by atoms with Gasteiger partial charge in [-0.15, -0.1) is 11.6 Å². The Morgan fingerprint density at radius 1 is 1.44 bits per heavy atom. The second-order valence-corrected chi connectivity index (χ2v) is 6.43. The van der Waals surface area contributed by atoms with E-state index in [0.29, 0.717) is 6.54 Å². The minimum absolute atomic E-state index is 0.0469. The molecular formula is C14H19Cl2NO. The number of ether oxygens (including phenoxy) is 1. The lowest BCUT2D eigenvalue weighted by molar-refractivity contribution is 0.344. The van der Waals surface area contributed by atoms with Crippen molar-refractivity contribution < 1.29 is 4.74 Å². The molecule has 0 amide bonds. The summed E-state index contributed by atoms with van der Waals surface area (Å²) in [4.78, 5) is 0. The van der Waals surface area contributed by atoms with Crippen molar-refractivity contribution in [3.63, 3.8) is 0 Å². The van der Waals surface area contributed by atoms with Gasteiger partial charge in [0.1, 0.15) is 5.75 Å². The zero-order chi connectivity index (χ0) is 13.3. The third kappa shape index (κ3) is 2.93. The van der Waals surface area contributed by atoms with Gasteiger partial charge in [0.05, 0.1) is 6.61 Å². The van der Waals surface area contributed by atoms with Crippen LogP contribution in [0, 0.1) is 0 Å². The number of benzene rings is 1. The molecular weight excluding hydrogens is 269 g/mol. The fourth-order valence-corrected chi connectivity index (χ4v) is 2.28. The summed E-state index contributed by atoms with van der Waals surface area (Å²) in [6.45, 7) is 7.64. The SMILES string of the molecule is CC(Cl)C(C)(C)NCc1cc(Cl)cc2c1OCC2. The first-order valence-electron chi connectivity index (χ1n) is 6.23. The summed E-state index contributed by atoms with van der Waals surface area (Å²) >= 11 is 12.3. The molecule has 0 aromatic heterocycles. The van der Waals surface area contributed by atoms with Crippen molar-refractivity contribution in [2.24, 2.45) is 0 Å². The van der Waals surface area contributed by atoms with Gasteiger partial charge in [-0.25, -0.2) is 0 Å². The van der Waals surface area contributed by atoms with E-state index in [1.165, 1.54) is 5.56 Å². The van der Waals surface area contributed by atoms with Crippen LogP contribution in [0.5, 0.6) is 5.75 Å². The highest BCUT2D eigenvalue weighted by Crippen LogP contribution is 2.33. The number of fused-ring (bicyclic) bond motifs is 1. The van der Waals surface area contributed by atoms with Crippen molar-refractivity contribution in [1.82, 2.24) is 5.32 Å². The van der Waals surface area contributed by atoms with E-state index in [1.807, 2.05) is 19.1 Å². The Hall–Kier alpha value is -0.440. The van der Waals surface area contributed by atoms with Crippen LogP contribution in [-0.4, -0.2) is 17.5 Å². The molecule has 2 nitrogen and oxygen atoms in total. The molecule has 0 bridgehead atoms. The van der Waals surface area contributed by atoms with Gasteiger partial charge in [0.2, 0.25) is 0 Å². The van der Waals surface area contributed by atoms with Gasteiger partial charge in [-0.2, -0.15) is 0 Å². The molecule has 1 aliphatic rings. The number of alkyl halides is 1. The van der Waals surface area contributed by atoms with E-state index >= 15 is 0 Å². The molecule has 100 valence electrons. The van der Waals surface area contributed by atoms with E-state index in [2.05, 4.69) is 19.2 Å². The molecule has 0 aliphatic carbocycles. The van der Waals surface area contributed by atoms with Crippen molar-refractivity contribution in [2.75, 3.05) is 6.61 Å². The van der Waals surface area contributed by atoms with Crippen LogP contribution < -0.4 is 10.1 Å². The molecule has 1 aromatic carbocycles. The van der Waals surface area contributed by atoms with Gasteiger partial charge in [-0.3, -0.25) is 0 Å². The molecule has 0 fully saturated rings. The van der Waals surface area contributed by atoms with E-state index in [4.69, 9.17) is 27.9 Å². The van der Waals surface area contributed by atoms with Gasteiger partial charge in [-0.05, 0) is 38.5 Å². The Labute approximate surface area is 119 Å². The second kappa shape index (κ2) is 5.28. The minimum Gasteiger partial charge on any atom is -0.493 e. The lowest BCUT2D eigenvalue weighted by Gasteiger charge is -2.29. The lowest BCUT2D eigenvalue weighted by Crippen LogP contribution is -2.45. The number of rotatable bonds is 4. The zero-order valence-corrected chi connectivity index (χ0v) is 12.5. The molecule has 1 atom stereocenters. The highest BCUT2D eigenvalue weighted by atomic mass is 35.5. The molecule has 1 N–H and O–H groups in total. The monoisotopic (exact) mass is 287 g/mol. The standard InChI is InChI=1S/C14H19Cl2NO/c1-9(15)14(2,3)17-8-11-7-12(16)6-10-4-5-18-13(10)11/h6-7,9,17H,4-5,8H2,1-3H3. The third-order valence-electron chi connectivity index (χ3n) is 3.55. The number of hydrogen-bond donors (Lipinski definition) is 1. The molecule has 1 aromatic rings. The minimum atomic E-state index is -0.130. The third-order valence-corrected chi connectivity index (χ3v) is 4.32. The molecule has 18 heavy (non-hydrogen) atoms. The molecule has 4 heteroatoms. The highest BCUT2D eigenvalue weighted by molar-refractivity contribution is 6.30. The highest BCUT2D eigenvalue weighted by Gasteiger charge is 2.25. The average Bonchev–Trinajstić information content (AvgIpc) is 2.73. The molecule has 0 radical (unpaired) electrons. The van der Waals surface area contributed by atoms with Crippen molar-refractivity contribution >= 4 is 23.2 Å². The fourth-order valence-electron chi connectivity index (χ4n) is 1.94. The maximum atomic E-state index is 6.16. The Bertz CT molecular complexity index is 444. The first kappa shape index (κ1) is 14.0. The van der Waals surface area contributed by atoms with Crippen LogP contribution in [0.4, 0.5) is 0 Å². The number of nitrogens with one attached hydrogen (secondary N) is 1. The van der Waals surface area contributed by atoms with Gasteiger partial charge in [0, 0.05) is 34.5 Å². The van der Waals surface area contributed by atoms with Crippen molar-refractivity contribution in [3.05, 3.63) is 28.3 Å². The molecule has 1 aliphatic heterocycles. The summed E-state index contributed by atoms with van der Waals surface area (Å²) in [5.74, 6) is 0.991. The summed E-state index contributed by atoms with van der Waals surface area (Å²) in [7, 11) is 0. The van der Waals surface area contributed by atoms with Crippen molar-refractivity contribution in [1.29, 1.82) is 0 Å². The quantitative estimate of drug-likeness (QED) is 0.852. The van der Waals surface area contributed by atoms with E-state index in [9.17, 15) is 0 Å². The van der Waals surface area contributed by atoms with Gasteiger partial charge >= 0.3 is 0 Å². The van der Waals surface area contributed by atoms with E-state index in [1.54, 1.807) is 0 Å². The van der Waals surface area contributed by atoms with Crippen LogP contribution in [0.2, 0.25) is 5.02 Å². The Balaban J connectivity index is 2.15. The number of halogens is 2. The molecule has 0 spiro atoms. The summed E-state index contributed by atoms with van der Waals surface area (Å²) in [6.07, 6.45) is 0.943. The normalized spacial score (nSPS) is 16.3. The fraction of sp³-hybridized carbons (Fsp3) is 0.571. The van der Waals surface area contributed by atoms with Crippen LogP contribution in [0.3, 0.4) is 0 Å². The maximum Gasteiger partial charge on any atom is 0.127 e. The van der Waals surface area contributed by atoms with Gasteiger partial charge < -0.3 is 10.1 Å². The molecule has 1 unspecified atom stereocenters. The lowest BCUT2D eigenvalue weighted by atomic mass is 10.0. The van der Waals surface area contributed by atoms with E-state index in [0.717, 1.165) is 29.4 Å². The van der Waals surface area contributed by atoms with Gasteiger partial charge in [0.15, 0.2) is 0 Å². The summed E-state index contributed by atoms with van der Waals surface area (Å²) in [5, 5.41) is 4.28. The molecule has 2 rings (SSSR count). The first-order chi connectivity index (χ1) is 8.40. The summed E-state index contributed by atoms with van der Waals surface area (Å²) in [6, 6.07) is 3.95. The van der Waals surface area contributed by atoms with Crippen LogP contribution in [0.1, 0.15) is 31.9 Å². The van der Waals surface area contributed by atoms with Crippen LogP contribution in [0.15, 0.2) is 12.1 Å². The van der Waals surface area contributed by atoms with Crippen LogP contribution in [-0.2, 0) is 13.0 Å². The largest absolute Gasteiger partial charge is 0.493 e. The summed E-state index contributed by atoms with van der Waals surface area (Å²) in [5.41, 5.74) is 2.19. The zero-order valence-electron chi connectivity index (χ0n) is 11.0. The molecule has 0 saturated carbocycles. The topological polar surface area (TPSA) is 21.3 Å². The number of hydrogen-bond acceptors (Lipinski definition) is 2. The Morgan fingerprint density at radius 2 is 2.17 bits per heavy atom. The van der Waals surface area contributed by atoms with Crippen LogP contribution >= 0.6 is 23.2 Å². The van der Waals surface area contributed by atoms with Crippen molar-refractivity contribution in [3.8, 4) is 5.75 Å².